The summed E-state index contributed by atoms with van der Waals surface area (Å²) in [5.41, 5.74) is 2.82. The molecule has 2 heteroatoms. The third-order valence-electron chi connectivity index (χ3n) is 7.57. The second kappa shape index (κ2) is 4.55. The third-order valence-corrected chi connectivity index (χ3v) is 7.57. The SMILES string of the molecule is CC1COC2(O1)[C@]1(c3ccccc3)[C@H]3CCC[C@H]3[C@]21c1ccccc1. The molecular formula is C23H24O2. The average Bonchev–Trinajstić information content (AvgIpc) is 3.03. The van der Waals surface area contributed by atoms with Gasteiger partial charge in [0.1, 0.15) is 0 Å². The van der Waals surface area contributed by atoms with Crippen LogP contribution in [0.5, 0.6) is 0 Å². The van der Waals surface area contributed by atoms with Gasteiger partial charge in [-0.3, -0.25) is 0 Å². The van der Waals surface area contributed by atoms with E-state index in [1.54, 1.807) is 0 Å². The fourth-order valence-electron chi connectivity index (χ4n) is 7.19. The Morgan fingerprint density at radius 1 is 0.800 bits per heavy atom. The van der Waals surface area contributed by atoms with E-state index in [1.165, 1.54) is 30.4 Å². The maximum Gasteiger partial charge on any atom is 0.190 e. The van der Waals surface area contributed by atoms with E-state index in [1.807, 2.05) is 0 Å². The number of fused-ring (bicyclic) bond motifs is 6. The minimum atomic E-state index is -0.460. The van der Waals surface area contributed by atoms with Crippen molar-refractivity contribution in [2.24, 2.45) is 11.8 Å². The zero-order valence-corrected chi connectivity index (χ0v) is 14.7. The van der Waals surface area contributed by atoms with Gasteiger partial charge in [0, 0.05) is 0 Å². The molecule has 2 aromatic carbocycles. The van der Waals surface area contributed by atoms with E-state index in [0.29, 0.717) is 18.4 Å². The smallest absolute Gasteiger partial charge is 0.190 e. The summed E-state index contributed by atoms with van der Waals surface area (Å²) in [4.78, 5) is 0. The maximum atomic E-state index is 6.68. The van der Waals surface area contributed by atoms with Crippen LogP contribution in [0.1, 0.15) is 37.3 Å². The third kappa shape index (κ3) is 1.30. The molecule has 25 heavy (non-hydrogen) atoms. The average molecular weight is 332 g/mol. The van der Waals surface area contributed by atoms with Gasteiger partial charge < -0.3 is 9.47 Å². The van der Waals surface area contributed by atoms with Crippen LogP contribution in [-0.2, 0) is 20.3 Å². The summed E-state index contributed by atoms with van der Waals surface area (Å²) in [7, 11) is 0. The molecule has 2 aromatic rings. The Kier molecular flexibility index (Phi) is 2.64. The number of rotatable bonds is 2. The van der Waals surface area contributed by atoms with Crippen LogP contribution in [0.2, 0.25) is 0 Å². The summed E-state index contributed by atoms with van der Waals surface area (Å²) < 4.78 is 13.3. The van der Waals surface area contributed by atoms with Crippen LogP contribution in [0.4, 0.5) is 0 Å². The summed E-state index contributed by atoms with van der Waals surface area (Å²) >= 11 is 0. The summed E-state index contributed by atoms with van der Waals surface area (Å²) in [5.74, 6) is 0.901. The lowest BCUT2D eigenvalue weighted by Gasteiger charge is -2.46. The quantitative estimate of drug-likeness (QED) is 0.809. The largest absolute Gasteiger partial charge is 0.345 e. The van der Waals surface area contributed by atoms with Crippen molar-refractivity contribution in [2.45, 2.75) is 48.9 Å². The Morgan fingerprint density at radius 3 is 1.76 bits per heavy atom. The van der Waals surface area contributed by atoms with E-state index in [0.717, 1.165) is 0 Å². The molecule has 1 aliphatic heterocycles. The summed E-state index contributed by atoms with van der Waals surface area (Å²) in [6.45, 7) is 2.86. The number of hydrogen-bond acceptors (Lipinski definition) is 2. The van der Waals surface area contributed by atoms with Crippen molar-refractivity contribution in [1.82, 2.24) is 0 Å². The van der Waals surface area contributed by atoms with Gasteiger partial charge in [0.2, 0.25) is 0 Å². The Hall–Kier alpha value is -1.64. The molecule has 6 atom stereocenters. The van der Waals surface area contributed by atoms with E-state index in [9.17, 15) is 0 Å². The summed E-state index contributed by atoms with van der Waals surface area (Å²) in [5, 5.41) is 0. The molecule has 0 N–H and O–H groups in total. The highest BCUT2D eigenvalue weighted by Crippen LogP contribution is 2.93. The summed E-state index contributed by atoms with van der Waals surface area (Å²) in [6.07, 6.45) is 4.12. The van der Waals surface area contributed by atoms with Crippen LogP contribution >= 0.6 is 0 Å². The number of hydrogen-bond donors (Lipinski definition) is 0. The highest BCUT2D eigenvalue weighted by atomic mass is 16.8. The van der Waals surface area contributed by atoms with Gasteiger partial charge in [0.25, 0.3) is 0 Å². The molecule has 128 valence electrons. The summed E-state index contributed by atoms with van der Waals surface area (Å²) in [6, 6.07) is 22.1. The first kappa shape index (κ1) is 14.5. The first-order valence-corrected chi connectivity index (χ1v) is 9.72. The molecule has 2 nitrogen and oxygen atoms in total. The van der Waals surface area contributed by atoms with E-state index < -0.39 is 5.79 Å². The van der Waals surface area contributed by atoms with Crippen LogP contribution in [0, 0.1) is 11.8 Å². The molecule has 6 rings (SSSR count). The monoisotopic (exact) mass is 332 g/mol. The first-order chi connectivity index (χ1) is 12.3. The van der Waals surface area contributed by atoms with Gasteiger partial charge in [-0.15, -0.1) is 0 Å². The first-order valence-electron chi connectivity index (χ1n) is 9.72. The van der Waals surface area contributed by atoms with Gasteiger partial charge in [-0.2, -0.15) is 0 Å². The Balaban J connectivity index is 1.63. The fourth-order valence-corrected chi connectivity index (χ4v) is 7.19. The fraction of sp³-hybridized carbons (Fsp3) is 0.478. The highest BCUT2D eigenvalue weighted by molar-refractivity contribution is 5.66. The molecule has 2 unspecified atom stereocenters. The van der Waals surface area contributed by atoms with Gasteiger partial charge in [-0.25, -0.2) is 0 Å². The Morgan fingerprint density at radius 2 is 1.32 bits per heavy atom. The molecule has 1 heterocycles. The van der Waals surface area contributed by atoms with Gasteiger partial charge in [0.05, 0.1) is 23.5 Å². The molecule has 4 fully saturated rings. The lowest BCUT2D eigenvalue weighted by Crippen LogP contribution is -2.49. The highest BCUT2D eigenvalue weighted by Gasteiger charge is 3.03. The molecule has 0 aromatic heterocycles. The molecular weight excluding hydrogens is 308 g/mol. The molecule has 0 bridgehead atoms. The second-order valence-corrected chi connectivity index (χ2v) is 8.35. The van der Waals surface area contributed by atoms with Crippen LogP contribution < -0.4 is 0 Å². The standard InChI is InChI=1S/C23H24O2/c1-16-15-24-23(25-16)21(17-9-4-2-5-10-17)19-13-8-14-20(19)22(21,23)18-11-6-3-7-12-18/h2-7,9-12,16,19-20H,8,13-15H2,1H3/t16?,19-,20+,21+,22-,23?. The molecule has 1 saturated heterocycles. The zero-order valence-electron chi connectivity index (χ0n) is 14.7. The molecule has 1 spiro atoms. The molecule has 0 amide bonds. The number of ether oxygens (including phenoxy) is 2. The topological polar surface area (TPSA) is 18.5 Å². The van der Waals surface area contributed by atoms with Crippen molar-refractivity contribution in [2.75, 3.05) is 6.61 Å². The predicted octanol–water partition coefficient (Wildman–Crippen LogP) is 4.44. The van der Waals surface area contributed by atoms with Crippen LogP contribution in [0.25, 0.3) is 0 Å². The van der Waals surface area contributed by atoms with Crippen molar-refractivity contribution in [3.05, 3.63) is 71.8 Å². The van der Waals surface area contributed by atoms with E-state index in [2.05, 4.69) is 67.6 Å². The van der Waals surface area contributed by atoms with Gasteiger partial charge in [0.15, 0.2) is 5.79 Å². The lowest BCUT2D eigenvalue weighted by molar-refractivity contribution is -0.108. The minimum Gasteiger partial charge on any atom is -0.345 e. The molecule has 4 aliphatic rings. The van der Waals surface area contributed by atoms with Gasteiger partial charge in [-0.05, 0) is 42.7 Å². The van der Waals surface area contributed by atoms with Crippen LogP contribution in [0.15, 0.2) is 60.7 Å². The number of benzene rings is 2. The van der Waals surface area contributed by atoms with Gasteiger partial charge in [-0.1, -0.05) is 67.1 Å². The molecule has 3 saturated carbocycles. The van der Waals surface area contributed by atoms with Crippen molar-refractivity contribution in [3.63, 3.8) is 0 Å². The Labute approximate surface area is 149 Å². The second-order valence-electron chi connectivity index (χ2n) is 8.35. The van der Waals surface area contributed by atoms with E-state index in [-0.39, 0.29) is 16.9 Å². The normalized spacial score (nSPS) is 46.5. The van der Waals surface area contributed by atoms with Crippen molar-refractivity contribution < 1.29 is 9.47 Å². The van der Waals surface area contributed by atoms with Crippen LogP contribution in [-0.4, -0.2) is 18.5 Å². The Bertz CT molecular complexity index is 757. The minimum absolute atomic E-state index is 0.00542. The van der Waals surface area contributed by atoms with Crippen molar-refractivity contribution >= 4 is 0 Å². The van der Waals surface area contributed by atoms with Crippen molar-refractivity contribution in [3.8, 4) is 0 Å². The van der Waals surface area contributed by atoms with E-state index in [4.69, 9.17) is 9.47 Å². The zero-order chi connectivity index (χ0) is 16.7. The maximum absolute atomic E-state index is 6.68. The predicted molar refractivity (Wildman–Crippen MR) is 96.3 cm³/mol. The van der Waals surface area contributed by atoms with Crippen LogP contribution in [0.3, 0.4) is 0 Å². The van der Waals surface area contributed by atoms with Crippen molar-refractivity contribution in [1.29, 1.82) is 0 Å². The molecule has 3 aliphatic carbocycles. The van der Waals surface area contributed by atoms with E-state index >= 15 is 0 Å². The lowest BCUT2D eigenvalue weighted by atomic mass is 9.54. The van der Waals surface area contributed by atoms with Gasteiger partial charge >= 0.3 is 0 Å². The molecule has 0 radical (unpaired) electrons.